The van der Waals surface area contributed by atoms with E-state index in [4.69, 9.17) is 4.74 Å². The van der Waals surface area contributed by atoms with Crippen LogP contribution in [0.2, 0.25) is 0 Å². The van der Waals surface area contributed by atoms with E-state index in [0.29, 0.717) is 19.4 Å². The quantitative estimate of drug-likeness (QED) is 0.0320. The van der Waals surface area contributed by atoms with Crippen molar-refractivity contribution in [2.45, 2.75) is 347 Å². The lowest BCUT2D eigenvalue weighted by molar-refractivity contribution is -0.143. The predicted molar refractivity (Wildman–Crippen MR) is 315 cm³/mol. The second-order valence-corrected chi connectivity index (χ2v) is 21.7. The molecule has 0 rings (SSSR count). The van der Waals surface area contributed by atoms with Crippen molar-refractivity contribution in [3.05, 3.63) is 48.6 Å². The van der Waals surface area contributed by atoms with E-state index < -0.39 is 12.1 Å². The molecule has 0 aromatic heterocycles. The summed E-state index contributed by atoms with van der Waals surface area (Å²) in [5.41, 5.74) is 0. The van der Waals surface area contributed by atoms with Crippen molar-refractivity contribution in [2.24, 2.45) is 0 Å². The number of amides is 1. The maximum Gasteiger partial charge on any atom is 0.305 e. The van der Waals surface area contributed by atoms with Gasteiger partial charge in [-0.15, -0.1) is 0 Å². The Kier molecular flexibility index (Phi) is 59.5. The van der Waals surface area contributed by atoms with Crippen LogP contribution in [-0.4, -0.2) is 47.4 Å². The largest absolute Gasteiger partial charge is 0.466 e. The number of carbonyl (C=O) groups is 2. The average molecular weight is 1010 g/mol. The monoisotopic (exact) mass is 1010 g/mol. The van der Waals surface area contributed by atoms with Crippen LogP contribution < -0.4 is 5.32 Å². The number of rotatable bonds is 59. The van der Waals surface area contributed by atoms with Gasteiger partial charge in [0.25, 0.3) is 0 Å². The van der Waals surface area contributed by atoms with Gasteiger partial charge in [0, 0.05) is 12.8 Å². The second kappa shape index (κ2) is 61.4. The van der Waals surface area contributed by atoms with Crippen LogP contribution >= 0.6 is 0 Å². The van der Waals surface area contributed by atoms with Crippen molar-refractivity contribution in [1.82, 2.24) is 5.32 Å². The summed E-state index contributed by atoms with van der Waals surface area (Å²) in [6, 6.07) is -0.623. The van der Waals surface area contributed by atoms with Crippen LogP contribution in [0.3, 0.4) is 0 Å². The lowest BCUT2D eigenvalue weighted by atomic mass is 10.0. The molecule has 0 saturated carbocycles. The van der Waals surface area contributed by atoms with Gasteiger partial charge in [-0.1, -0.05) is 287 Å². The number of aliphatic hydroxyl groups is 2. The maximum atomic E-state index is 12.4. The Bertz CT molecular complexity index is 1210. The molecule has 0 fully saturated rings. The smallest absolute Gasteiger partial charge is 0.305 e. The van der Waals surface area contributed by atoms with Crippen molar-refractivity contribution in [1.29, 1.82) is 0 Å². The van der Waals surface area contributed by atoms with E-state index in [1.54, 1.807) is 6.08 Å². The number of allylic oxidation sites excluding steroid dienone is 7. The molecule has 6 nitrogen and oxygen atoms in total. The molecule has 0 saturated heterocycles. The minimum Gasteiger partial charge on any atom is -0.466 e. The van der Waals surface area contributed by atoms with E-state index >= 15 is 0 Å². The fourth-order valence-electron chi connectivity index (χ4n) is 9.67. The zero-order chi connectivity index (χ0) is 52.2. The fraction of sp³-hybridized carbons (Fsp3) is 0.848. The molecule has 6 heteroatoms. The number of aliphatic hydroxyl groups excluding tert-OH is 2. The third-order valence-electron chi connectivity index (χ3n) is 14.5. The molecular weight excluding hydrogens is 887 g/mol. The summed E-state index contributed by atoms with van der Waals surface area (Å²) in [5.74, 6) is -0.0647. The van der Waals surface area contributed by atoms with E-state index in [1.165, 1.54) is 257 Å². The molecule has 1 amide bonds. The third-order valence-corrected chi connectivity index (χ3v) is 14.5. The van der Waals surface area contributed by atoms with Crippen LogP contribution in [-0.2, 0) is 14.3 Å². The zero-order valence-corrected chi connectivity index (χ0v) is 48.2. The summed E-state index contributed by atoms with van der Waals surface area (Å²) < 4.78 is 5.47. The molecule has 2 atom stereocenters. The first kappa shape index (κ1) is 69.8. The summed E-state index contributed by atoms with van der Waals surface area (Å²) in [7, 11) is 0. The number of ether oxygens (including phenoxy) is 1. The van der Waals surface area contributed by atoms with Crippen molar-refractivity contribution >= 4 is 11.9 Å². The number of hydrogen-bond acceptors (Lipinski definition) is 5. The number of unbranched alkanes of at least 4 members (excludes halogenated alkanes) is 42. The van der Waals surface area contributed by atoms with Crippen LogP contribution in [0.1, 0.15) is 335 Å². The highest BCUT2D eigenvalue weighted by Gasteiger charge is 2.18. The minimum atomic E-state index is -0.840. The molecule has 0 aliphatic carbocycles. The van der Waals surface area contributed by atoms with Gasteiger partial charge in [-0.3, -0.25) is 9.59 Å². The van der Waals surface area contributed by atoms with E-state index in [0.717, 1.165) is 51.4 Å². The van der Waals surface area contributed by atoms with Gasteiger partial charge in [-0.2, -0.15) is 0 Å². The molecule has 0 aliphatic rings. The van der Waals surface area contributed by atoms with Crippen LogP contribution in [0.25, 0.3) is 0 Å². The average Bonchev–Trinajstić information content (AvgIpc) is 3.38. The Labute approximate surface area is 448 Å². The molecular formula is C66H123NO5. The highest BCUT2D eigenvalue weighted by atomic mass is 16.5. The van der Waals surface area contributed by atoms with Crippen LogP contribution in [0, 0.1) is 0 Å². The topological polar surface area (TPSA) is 95.9 Å². The molecule has 0 bridgehead atoms. The first-order chi connectivity index (χ1) is 35.5. The molecule has 72 heavy (non-hydrogen) atoms. The highest BCUT2D eigenvalue weighted by Crippen LogP contribution is 2.17. The Morgan fingerprint density at radius 1 is 0.389 bits per heavy atom. The molecule has 0 radical (unpaired) electrons. The van der Waals surface area contributed by atoms with Gasteiger partial charge in [0.2, 0.25) is 5.91 Å². The molecule has 3 N–H and O–H groups in total. The predicted octanol–water partition coefficient (Wildman–Crippen LogP) is 20.1. The Hall–Kier alpha value is -2.18. The van der Waals surface area contributed by atoms with Gasteiger partial charge in [-0.25, -0.2) is 0 Å². The molecule has 0 aliphatic heterocycles. The van der Waals surface area contributed by atoms with Gasteiger partial charge in [0.15, 0.2) is 0 Å². The van der Waals surface area contributed by atoms with Crippen LogP contribution in [0.4, 0.5) is 0 Å². The van der Waals surface area contributed by atoms with Crippen molar-refractivity contribution in [2.75, 3.05) is 13.2 Å². The molecule has 0 aromatic rings. The third kappa shape index (κ3) is 57.1. The molecule has 0 aromatic carbocycles. The van der Waals surface area contributed by atoms with Gasteiger partial charge < -0.3 is 20.3 Å². The van der Waals surface area contributed by atoms with Crippen molar-refractivity contribution in [3.63, 3.8) is 0 Å². The summed E-state index contributed by atoms with van der Waals surface area (Å²) in [5, 5.41) is 23.0. The Balaban J connectivity index is 3.34. The molecule has 2 unspecified atom stereocenters. The van der Waals surface area contributed by atoms with Crippen molar-refractivity contribution < 1.29 is 24.5 Å². The number of esters is 1. The summed E-state index contributed by atoms with van der Waals surface area (Å²) >= 11 is 0. The SMILES string of the molecule is CCC/C=C\C/C=C\CCCCCCCC(=O)OCCCCCCCCCCCCCC/C=C\CCCCCCCCCCCCCCCCCCCC(=O)NC(CO)C(O)/C=C/CCCCCCCCC. The van der Waals surface area contributed by atoms with Gasteiger partial charge >= 0.3 is 5.97 Å². The lowest BCUT2D eigenvalue weighted by Gasteiger charge is -2.20. The summed E-state index contributed by atoms with van der Waals surface area (Å²) in [6.45, 7) is 4.82. The second-order valence-electron chi connectivity index (χ2n) is 21.7. The van der Waals surface area contributed by atoms with Crippen LogP contribution in [0.5, 0.6) is 0 Å². The molecule has 0 spiro atoms. The first-order valence-electron chi connectivity index (χ1n) is 31.9. The summed E-state index contributed by atoms with van der Waals surface area (Å²) in [6.07, 6.45) is 79.0. The van der Waals surface area contributed by atoms with Crippen LogP contribution in [0.15, 0.2) is 48.6 Å². The molecule has 0 heterocycles. The molecule has 422 valence electrons. The fourth-order valence-corrected chi connectivity index (χ4v) is 9.67. The van der Waals surface area contributed by atoms with Crippen molar-refractivity contribution in [3.8, 4) is 0 Å². The normalized spacial score (nSPS) is 12.9. The number of carbonyl (C=O) groups excluding carboxylic acids is 2. The van der Waals surface area contributed by atoms with E-state index in [1.807, 2.05) is 6.08 Å². The Morgan fingerprint density at radius 2 is 0.722 bits per heavy atom. The lowest BCUT2D eigenvalue weighted by Crippen LogP contribution is -2.45. The maximum absolute atomic E-state index is 12.4. The number of hydrogen-bond donors (Lipinski definition) is 3. The summed E-state index contributed by atoms with van der Waals surface area (Å²) in [4.78, 5) is 24.4. The van der Waals surface area contributed by atoms with Gasteiger partial charge in [0.1, 0.15) is 0 Å². The highest BCUT2D eigenvalue weighted by molar-refractivity contribution is 5.76. The van der Waals surface area contributed by atoms with Gasteiger partial charge in [0.05, 0.1) is 25.4 Å². The standard InChI is InChI=1S/C66H123NO5/c1-3-5-7-9-11-13-14-36-40-44-48-52-56-60-66(71)72-61-57-53-49-45-41-38-35-33-31-29-27-25-23-21-19-17-15-16-18-20-22-24-26-28-30-32-34-37-39-43-47-51-55-59-65(70)67-63(62-68)64(69)58-54-50-46-42-12-10-8-6-4-2/h7,9,13-14,19,21,54,58,63-64,68-69H,3-6,8,10-12,15-18,20,22-53,55-57,59-62H2,1-2H3,(H,67,70)/b9-7-,14-13-,21-19-,58-54+. The Morgan fingerprint density at radius 3 is 1.12 bits per heavy atom. The van der Waals surface area contributed by atoms with E-state index in [2.05, 4.69) is 55.6 Å². The first-order valence-corrected chi connectivity index (χ1v) is 31.9. The zero-order valence-electron chi connectivity index (χ0n) is 48.2. The number of nitrogens with one attached hydrogen (secondary N) is 1. The van der Waals surface area contributed by atoms with E-state index in [9.17, 15) is 19.8 Å². The van der Waals surface area contributed by atoms with E-state index in [-0.39, 0.29) is 18.5 Å². The van der Waals surface area contributed by atoms with Gasteiger partial charge in [-0.05, 0) is 83.5 Å². The minimum absolute atomic E-state index is 0.00258.